The van der Waals surface area contributed by atoms with Gasteiger partial charge in [0, 0.05) is 56.1 Å². The predicted molar refractivity (Wildman–Crippen MR) is 108 cm³/mol. The van der Waals surface area contributed by atoms with E-state index in [-0.39, 0.29) is 11.8 Å². The first-order valence-electron chi connectivity index (χ1n) is 9.62. The Morgan fingerprint density at radius 3 is 2.11 bits per heavy atom. The molecular formula is C22H27N3O2. The van der Waals surface area contributed by atoms with Crippen molar-refractivity contribution in [2.75, 3.05) is 44.2 Å². The third kappa shape index (κ3) is 4.30. The smallest absolute Gasteiger partial charge is 0.253 e. The van der Waals surface area contributed by atoms with E-state index in [1.165, 1.54) is 5.69 Å². The molecule has 0 spiro atoms. The van der Waals surface area contributed by atoms with Crippen LogP contribution in [0.1, 0.15) is 34.6 Å². The number of carbonyl (C=O) groups excluding carboxylic acids is 2. The van der Waals surface area contributed by atoms with Crippen LogP contribution >= 0.6 is 0 Å². The maximum atomic E-state index is 12.9. The molecular weight excluding hydrogens is 338 g/mol. The average Bonchev–Trinajstić information content (AvgIpc) is 2.75. The van der Waals surface area contributed by atoms with Crippen LogP contribution in [0.3, 0.4) is 0 Å². The Hall–Kier alpha value is -2.82. The van der Waals surface area contributed by atoms with E-state index in [2.05, 4.69) is 17.0 Å². The summed E-state index contributed by atoms with van der Waals surface area (Å²) in [7, 11) is 0. The van der Waals surface area contributed by atoms with Crippen LogP contribution in [0.4, 0.5) is 5.69 Å². The van der Waals surface area contributed by atoms with Crippen molar-refractivity contribution >= 4 is 17.5 Å². The Balaban J connectivity index is 1.67. The summed E-state index contributed by atoms with van der Waals surface area (Å²) in [5.41, 5.74) is 2.35. The normalized spacial score (nSPS) is 14.1. The Morgan fingerprint density at radius 1 is 0.852 bits per heavy atom. The number of carbonyl (C=O) groups is 2. The summed E-state index contributed by atoms with van der Waals surface area (Å²) >= 11 is 0. The molecule has 1 heterocycles. The van der Waals surface area contributed by atoms with E-state index in [0.29, 0.717) is 37.3 Å². The lowest BCUT2D eigenvalue weighted by Gasteiger charge is -2.36. The highest BCUT2D eigenvalue weighted by Gasteiger charge is 2.23. The third-order valence-corrected chi connectivity index (χ3v) is 5.10. The molecule has 2 aromatic rings. The maximum Gasteiger partial charge on any atom is 0.253 e. The van der Waals surface area contributed by atoms with Crippen molar-refractivity contribution < 1.29 is 9.59 Å². The fourth-order valence-corrected chi connectivity index (χ4v) is 3.47. The van der Waals surface area contributed by atoms with Gasteiger partial charge in [-0.05, 0) is 44.2 Å². The summed E-state index contributed by atoms with van der Waals surface area (Å²) in [6.07, 6.45) is 0. The number of benzene rings is 2. The fraction of sp³-hybridized carbons (Fsp3) is 0.364. The van der Waals surface area contributed by atoms with Gasteiger partial charge in [0.15, 0.2) is 0 Å². The molecule has 1 saturated heterocycles. The van der Waals surface area contributed by atoms with E-state index in [1.807, 2.05) is 36.9 Å². The van der Waals surface area contributed by atoms with Gasteiger partial charge in [-0.15, -0.1) is 0 Å². The standard InChI is InChI=1S/C22H27N3O2/c1-3-23(4-2)21(26)18-9-8-10-19(17-18)22(27)25-15-13-24(14-16-25)20-11-6-5-7-12-20/h5-12,17H,3-4,13-16H2,1-2H3. The molecule has 0 radical (unpaired) electrons. The number of hydrogen-bond acceptors (Lipinski definition) is 3. The largest absolute Gasteiger partial charge is 0.368 e. The predicted octanol–water partition coefficient (Wildman–Crippen LogP) is 3.13. The van der Waals surface area contributed by atoms with Gasteiger partial charge >= 0.3 is 0 Å². The molecule has 0 aromatic heterocycles. The fourth-order valence-electron chi connectivity index (χ4n) is 3.47. The lowest BCUT2D eigenvalue weighted by Crippen LogP contribution is -2.48. The quantitative estimate of drug-likeness (QED) is 0.818. The van der Waals surface area contributed by atoms with E-state index < -0.39 is 0 Å². The van der Waals surface area contributed by atoms with E-state index >= 15 is 0 Å². The molecule has 0 bridgehead atoms. The minimum absolute atomic E-state index is 0.00286. The number of amides is 2. The topological polar surface area (TPSA) is 43.9 Å². The Morgan fingerprint density at radius 2 is 1.48 bits per heavy atom. The molecule has 27 heavy (non-hydrogen) atoms. The van der Waals surface area contributed by atoms with Gasteiger partial charge in [0.05, 0.1) is 0 Å². The monoisotopic (exact) mass is 365 g/mol. The molecule has 2 amide bonds. The van der Waals surface area contributed by atoms with Gasteiger partial charge in [-0.3, -0.25) is 9.59 Å². The zero-order chi connectivity index (χ0) is 19.2. The Bertz CT molecular complexity index is 779. The average molecular weight is 365 g/mol. The van der Waals surface area contributed by atoms with Gasteiger partial charge in [-0.1, -0.05) is 24.3 Å². The van der Waals surface area contributed by atoms with Crippen LogP contribution in [0.25, 0.3) is 0 Å². The molecule has 3 rings (SSSR count). The summed E-state index contributed by atoms with van der Waals surface area (Å²) in [6.45, 7) is 8.24. The van der Waals surface area contributed by atoms with Crippen molar-refractivity contribution in [2.24, 2.45) is 0 Å². The van der Waals surface area contributed by atoms with Crippen LogP contribution in [-0.2, 0) is 0 Å². The summed E-state index contributed by atoms with van der Waals surface area (Å²) in [4.78, 5) is 31.4. The highest BCUT2D eigenvalue weighted by atomic mass is 16.2. The number of hydrogen-bond donors (Lipinski definition) is 0. The van der Waals surface area contributed by atoms with Gasteiger partial charge in [0.1, 0.15) is 0 Å². The zero-order valence-corrected chi connectivity index (χ0v) is 16.1. The lowest BCUT2D eigenvalue weighted by molar-refractivity contribution is 0.0746. The summed E-state index contributed by atoms with van der Waals surface area (Å²) in [5, 5.41) is 0. The molecule has 2 aromatic carbocycles. The van der Waals surface area contributed by atoms with E-state index in [0.717, 1.165) is 13.1 Å². The number of rotatable bonds is 5. The second-order valence-corrected chi connectivity index (χ2v) is 6.67. The highest BCUT2D eigenvalue weighted by Crippen LogP contribution is 2.17. The molecule has 0 N–H and O–H groups in total. The molecule has 5 heteroatoms. The summed E-state index contributed by atoms with van der Waals surface area (Å²) in [5.74, 6) is -0.0274. The zero-order valence-electron chi connectivity index (χ0n) is 16.1. The van der Waals surface area contributed by atoms with Gasteiger partial charge in [0.25, 0.3) is 11.8 Å². The summed E-state index contributed by atoms with van der Waals surface area (Å²) < 4.78 is 0. The van der Waals surface area contributed by atoms with Crippen molar-refractivity contribution in [1.29, 1.82) is 0 Å². The number of anilines is 1. The molecule has 1 aliphatic rings. The van der Waals surface area contributed by atoms with Crippen LogP contribution in [0.15, 0.2) is 54.6 Å². The van der Waals surface area contributed by atoms with E-state index in [9.17, 15) is 9.59 Å². The lowest BCUT2D eigenvalue weighted by atomic mass is 10.1. The van der Waals surface area contributed by atoms with Crippen molar-refractivity contribution in [1.82, 2.24) is 9.80 Å². The third-order valence-electron chi connectivity index (χ3n) is 5.10. The highest BCUT2D eigenvalue weighted by molar-refractivity contribution is 5.99. The first kappa shape index (κ1) is 19.0. The second-order valence-electron chi connectivity index (χ2n) is 6.67. The molecule has 1 fully saturated rings. The van der Waals surface area contributed by atoms with Gasteiger partial charge < -0.3 is 14.7 Å². The molecule has 0 atom stereocenters. The van der Waals surface area contributed by atoms with Crippen LogP contribution < -0.4 is 4.90 Å². The van der Waals surface area contributed by atoms with Crippen LogP contribution in [0.2, 0.25) is 0 Å². The van der Waals surface area contributed by atoms with Crippen molar-refractivity contribution in [3.8, 4) is 0 Å². The van der Waals surface area contributed by atoms with Crippen LogP contribution in [0, 0.1) is 0 Å². The minimum atomic E-state index is -0.0245. The van der Waals surface area contributed by atoms with Crippen LogP contribution in [0.5, 0.6) is 0 Å². The Labute approximate surface area is 161 Å². The number of para-hydroxylation sites is 1. The molecule has 5 nitrogen and oxygen atoms in total. The molecule has 0 saturated carbocycles. The first-order chi connectivity index (χ1) is 13.1. The van der Waals surface area contributed by atoms with Gasteiger partial charge in [-0.2, -0.15) is 0 Å². The first-order valence-corrected chi connectivity index (χ1v) is 9.62. The van der Waals surface area contributed by atoms with E-state index in [4.69, 9.17) is 0 Å². The molecule has 0 aliphatic carbocycles. The van der Waals surface area contributed by atoms with Crippen LogP contribution in [-0.4, -0.2) is 60.9 Å². The van der Waals surface area contributed by atoms with Gasteiger partial charge in [-0.25, -0.2) is 0 Å². The molecule has 0 unspecified atom stereocenters. The van der Waals surface area contributed by atoms with Crippen molar-refractivity contribution in [2.45, 2.75) is 13.8 Å². The van der Waals surface area contributed by atoms with E-state index in [1.54, 1.807) is 29.2 Å². The second kappa shape index (κ2) is 8.71. The molecule has 142 valence electrons. The Kier molecular flexibility index (Phi) is 6.12. The number of piperazine rings is 1. The molecule has 1 aliphatic heterocycles. The number of nitrogens with zero attached hydrogens (tertiary/aromatic N) is 3. The summed E-state index contributed by atoms with van der Waals surface area (Å²) in [6, 6.07) is 17.4. The van der Waals surface area contributed by atoms with Gasteiger partial charge in [0.2, 0.25) is 0 Å². The van der Waals surface area contributed by atoms with Crippen molar-refractivity contribution in [3.63, 3.8) is 0 Å². The maximum absolute atomic E-state index is 12.9. The minimum Gasteiger partial charge on any atom is -0.368 e. The SMILES string of the molecule is CCN(CC)C(=O)c1cccc(C(=O)N2CCN(c3ccccc3)CC2)c1. The van der Waals surface area contributed by atoms with Crippen molar-refractivity contribution in [3.05, 3.63) is 65.7 Å².